The lowest BCUT2D eigenvalue weighted by molar-refractivity contribution is -0.893. The molecule has 0 aliphatic rings. The molecule has 2 N–H and O–H groups in total. The number of pyridine rings is 1. The molecule has 1 aromatic carbocycles. The van der Waals surface area contributed by atoms with E-state index < -0.39 is 23.7 Å². The maximum Gasteiger partial charge on any atom is 0.510 e. The Morgan fingerprint density at radius 2 is 1.86 bits per heavy atom. The van der Waals surface area contributed by atoms with Gasteiger partial charge in [-0.3, -0.25) is 0 Å². The zero-order chi connectivity index (χ0) is 16.3. The molecule has 9 heteroatoms. The molecule has 22 heavy (non-hydrogen) atoms. The molecule has 0 saturated carbocycles. The standard InChI is InChI=1S/C13H8ClF3N2O3/c14-9-1-3-10(4-2-9)22-12(20)18-11-7-8(13(15,16)17)5-6-19(11)21/h1-7,21H/p+1. The van der Waals surface area contributed by atoms with Crippen molar-refractivity contribution in [2.45, 2.75) is 6.18 Å². The van der Waals surface area contributed by atoms with Crippen LogP contribution in [0.3, 0.4) is 0 Å². The molecule has 116 valence electrons. The number of hydrogen-bond acceptors (Lipinski definition) is 3. The Morgan fingerprint density at radius 1 is 1.23 bits per heavy atom. The second-order valence-corrected chi connectivity index (χ2v) is 4.55. The molecular formula is C13H9ClF3N2O3+. The lowest BCUT2D eigenvalue weighted by Gasteiger charge is -2.07. The van der Waals surface area contributed by atoms with Gasteiger partial charge in [0.1, 0.15) is 11.9 Å². The first-order chi connectivity index (χ1) is 10.3. The fraction of sp³-hybridized carbons (Fsp3) is 0.0769. The third-order valence-corrected chi connectivity index (χ3v) is 2.77. The van der Waals surface area contributed by atoms with E-state index in [9.17, 15) is 23.2 Å². The van der Waals surface area contributed by atoms with Crippen LogP contribution in [0, 0.1) is 0 Å². The SMILES string of the molecule is O=C(Nc1cc(C(F)(F)F)cc[n+]1O)Oc1ccc(Cl)cc1. The van der Waals surface area contributed by atoms with E-state index in [0.717, 1.165) is 6.20 Å². The largest absolute Gasteiger partial charge is 0.510 e. The lowest BCUT2D eigenvalue weighted by atomic mass is 10.2. The number of rotatable bonds is 2. The minimum Gasteiger partial charge on any atom is -0.392 e. The number of amides is 1. The van der Waals surface area contributed by atoms with Crippen LogP contribution in [0.15, 0.2) is 42.6 Å². The molecular weight excluding hydrogens is 325 g/mol. The van der Waals surface area contributed by atoms with Gasteiger partial charge < -0.3 is 9.94 Å². The van der Waals surface area contributed by atoms with E-state index in [1.165, 1.54) is 24.3 Å². The van der Waals surface area contributed by atoms with Gasteiger partial charge in [-0.05, 0) is 30.3 Å². The normalized spacial score (nSPS) is 11.1. The number of carbonyl (C=O) groups excluding carboxylic acids is 1. The fourth-order valence-electron chi connectivity index (χ4n) is 1.50. The molecule has 0 atom stereocenters. The number of halogens is 4. The van der Waals surface area contributed by atoms with Crippen LogP contribution in [-0.2, 0) is 6.18 Å². The summed E-state index contributed by atoms with van der Waals surface area (Å²) in [6.07, 6.45) is -4.92. The molecule has 2 aromatic rings. The molecule has 0 fully saturated rings. The molecule has 0 bridgehead atoms. The molecule has 2 rings (SSSR count). The summed E-state index contributed by atoms with van der Waals surface area (Å²) in [6.45, 7) is 0. The Morgan fingerprint density at radius 3 is 2.45 bits per heavy atom. The van der Waals surface area contributed by atoms with E-state index >= 15 is 0 Å². The average molecular weight is 334 g/mol. The van der Waals surface area contributed by atoms with Gasteiger partial charge in [-0.1, -0.05) is 16.3 Å². The van der Waals surface area contributed by atoms with Gasteiger partial charge in [-0.2, -0.15) is 23.3 Å². The van der Waals surface area contributed by atoms with Crippen LogP contribution in [0.25, 0.3) is 0 Å². The number of aromatic nitrogens is 1. The first-order valence-electron chi connectivity index (χ1n) is 5.82. The number of nitrogens with zero attached hydrogens (tertiary/aromatic N) is 1. The number of anilines is 1. The zero-order valence-corrected chi connectivity index (χ0v) is 11.5. The highest BCUT2D eigenvalue weighted by Crippen LogP contribution is 2.29. The van der Waals surface area contributed by atoms with Gasteiger partial charge in [0.2, 0.25) is 0 Å². The van der Waals surface area contributed by atoms with Crippen molar-refractivity contribution in [3.8, 4) is 5.75 Å². The smallest absolute Gasteiger partial charge is 0.392 e. The van der Waals surface area contributed by atoms with Crippen molar-refractivity contribution >= 4 is 23.5 Å². The monoisotopic (exact) mass is 333 g/mol. The summed E-state index contributed by atoms with van der Waals surface area (Å²) in [6, 6.07) is 6.99. The number of ether oxygens (including phenoxy) is 1. The van der Waals surface area contributed by atoms with Crippen LogP contribution >= 0.6 is 11.6 Å². The average Bonchev–Trinajstić information content (AvgIpc) is 2.42. The highest BCUT2D eigenvalue weighted by atomic mass is 35.5. The quantitative estimate of drug-likeness (QED) is 0.653. The fourth-order valence-corrected chi connectivity index (χ4v) is 1.63. The number of carbonyl (C=O) groups is 1. The van der Waals surface area contributed by atoms with Crippen LogP contribution in [-0.4, -0.2) is 11.3 Å². The summed E-state index contributed by atoms with van der Waals surface area (Å²) in [7, 11) is 0. The van der Waals surface area contributed by atoms with Gasteiger partial charge in [-0.15, -0.1) is 0 Å². The van der Waals surface area contributed by atoms with Crippen LogP contribution in [0.4, 0.5) is 23.8 Å². The Hall–Kier alpha value is -2.48. The predicted molar refractivity (Wildman–Crippen MR) is 69.9 cm³/mol. The van der Waals surface area contributed by atoms with Gasteiger partial charge in [0.05, 0.1) is 5.56 Å². The number of hydrogen-bond donors (Lipinski definition) is 2. The summed E-state index contributed by atoms with van der Waals surface area (Å²) in [4.78, 5) is 11.6. The molecule has 5 nitrogen and oxygen atoms in total. The maximum absolute atomic E-state index is 12.6. The molecule has 1 aromatic heterocycles. The van der Waals surface area contributed by atoms with E-state index in [4.69, 9.17) is 16.3 Å². The predicted octanol–water partition coefficient (Wildman–Crippen LogP) is 3.49. The van der Waals surface area contributed by atoms with Crippen LogP contribution in [0.1, 0.15) is 5.56 Å². The summed E-state index contributed by atoms with van der Waals surface area (Å²) in [5, 5.41) is 11.8. The molecule has 1 heterocycles. The molecule has 0 unspecified atom stereocenters. The van der Waals surface area contributed by atoms with Crippen molar-refractivity contribution in [3.63, 3.8) is 0 Å². The van der Waals surface area contributed by atoms with Crippen LogP contribution in [0.2, 0.25) is 5.02 Å². The van der Waals surface area contributed by atoms with Gasteiger partial charge in [-0.25, -0.2) is 0 Å². The van der Waals surface area contributed by atoms with Gasteiger partial charge in [0.25, 0.3) is 0 Å². The van der Waals surface area contributed by atoms with Gasteiger partial charge in [0.15, 0.2) is 0 Å². The maximum atomic E-state index is 12.6. The first-order valence-corrected chi connectivity index (χ1v) is 6.20. The minimum atomic E-state index is -4.61. The second-order valence-electron chi connectivity index (χ2n) is 4.11. The Bertz CT molecular complexity index is 690. The zero-order valence-electron chi connectivity index (χ0n) is 10.8. The highest BCUT2D eigenvalue weighted by molar-refractivity contribution is 6.30. The van der Waals surface area contributed by atoms with Crippen LogP contribution in [0.5, 0.6) is 5.75 Å². The van der Waals surface area contributed by atoms with E-state index in [0.29, 0.717) is 21.9 Å². The molecule has 0 aliphatic carbocycles. The molecule has 0 aliphatic heterocycles. The van der Waals surface area contributed by atoms with Crippen molar-refractivity contribution < 1.29 is 32.6 Å². The number of nitrogens with one attached hydrogen (secondary N) is 1. The number of benzene rings is 1. The third kappa shape index (κ3) is 4.01. The topological polar surface area (TPSA) is 62.4 Å². The van der Waals surface area contributed by atoms with Crippen molar-refractivity contribution in [1.29, 1.82) is 0 Å². The van der Waals surface area contributed by atoms with Crippen molar-refractivity contribution in [2.75, 3.05) is 5.32 Å². The van der Waals surface area contributed by atoms with E-state index in [1.807, 2.05) is 5.32 Å². The van der Waals surface area contributed by atoms with Crippen molar-refractivity contribution in [1.82, 2.24) is 0 Å². The molecule has 0 radical (unpaired) electrons. The summed E-state index contributed by atoms with van der Waals surface area (Å²) < 4.78 is 42.9. The lowest BCUT2D eigenvalue weighted by Crippen LogP contribution is -2.36. The summed E-state index contributed by atoms with van der Waals surface area (Å²) in [5.74, 6) is -0.354. The third-order valence-electron chi connectivity index (χ3n) is 2.52. The summed E-state index contributed by atoms with van der Waals surface area (Å²) in [5.41, 5.74) is -1.03. The van der Waals surface area contributed by atoms with Crippen LogP contribution < -0.4 is 14.8 Å². The Kier molecular flexibility index (Phi) is 4.41. The summed E-state index contributed by atoms with van der Waals surface area (Å²) >= 11 is 5.66. The van der Waals surface area contributed by atoms with Gasteiger partial charge in [0, 0.05) is 11.1 Å². The van der Waals surface area contributed by atoms with E-state index in [-0.39, 0.29) is 5.75 Å². The molecule has 0 spiro atoms. The Balaban J connectivity index is 2.12. The van der Waals surface area contributed by atoms with Crippen molar-refractivity contribution in [3.05, 3.63) is 53.2 Å². The first kappa shape index (κ1) is 15.9. The second kappa shape index (κ2) is 6.10. The number of alkyl halides is 3. The van der Waals surface area contributed by atoms with E-state index in [1.54, 1.807) is 0 Å². The molecule has 0 saturated heterocycles. The van der Waals surface area contributed by atoms with Crippen molar-refractivity contribution in [2.24, 2.45) is 0 Å². The molecule has 1 amide bonds. The van der Waals surface area contributed by atoms with Gasteiger partial charge >= 0.3 is 18.1 Å². The highest BCUT2D eigenvalue weighted by Gasteiger charge is 2.33. The Labute approximate surface area is 127 Å². The minimum absolute atomic E-state index is 0.137. The van der Waals surface area contributed by atoms with E-state index in [2.05, 4.69) is 0 Å².